The Morgan fingerprint density at radius 3 is 2.61 bits per heavy atom. The fourth-order valence-corrected chi connectivity index (χ4v) is 3.81. The van der Waals surface area contributed by atoms with Crippen molar-refractivity contribution in [2.75, 3.05) is 6.54 Å². The van der Waals surface area contributed by atoms with Crippen molar-refractivity contribution in [1.29, 1.82) is 0 Å². The molecule has 2 aromatic heterocycles. The van der Waals surface area contributed by atoms with Crippen molar-refractivity contribution in [2.24, 2.45) is 7.05 Å². The van der Waals surface area contributed by atoms with E-state index in [4.69, 9.17) is 0 Å². The van der Waals surface area contributed by atoms with Gasteiger partial charge >= 0.3 is 0 Å². The number of aromatic amines is 1. The Labute approximate surface area is 165 Å². The molecule has 0 aliphatic rings. The highest BCUT2D eigenvalue weighted by Gasteiger charge is 2.18. The van der Waals surface area contributed by atoms with Crippen molar-refractivity contribution < 1.29 is 4.79 Å². The molecule has 0 atom stereocenters. The number of nitrogens with zero attached hydrogens (tertiary/aromatic N) is 3. The second kappa shape index (κ2) is 8.42. The van der Waals surface area contributed by atoms with E-state index in [-0.39, 0.29) is 11.5 Å². The molecule has 1 amide bonds. The predicted molar refractivity (Wildman–Crippen MR) is 111 cm³/mol. The third-order valence-electron chi connectivity index (χ3n) is 5.21. The van der Waals surface area contributed by atoms with Crippen LogP contribution in [0.1, 0.15) is 42.1 Å². The Balaban J connectivity index is 1.79. The maximum absolute atomic E-state index is 12.9. The van der Waals surface area contributed by atoms with Gasteiger partial charge in [0.1, 0.15) is 5.65 Å². The Hall–Kier alpha value is -2.89. The average molecular weight is 380 g/mol. The largest absolute Gasteiger partial charge is 0.338 e. The molecular formula is C22H28N4O2. The molecule has 0 fully saturated rings. The van der Waals surface area contributed by atoms with Gasteiger partial charge in [-0.15, -0.1) is 0 Å². The van der Waals surface area contributed by atoms with Crippen LogP contribution in [0.2, 0.25) is 0 Å². The van der Waals surface area contributed by atoms with Gasteiger partial charge in [-0.25, -0.2) is 0 Å². The maximum Gasteiger partial charge on any atom is 0.253 e. The number of benzene rings is 1. The van der Waals surface area contributed by atoms with E-state index >= 15 is 0 Å². The van der Waals surface area contributed by atoms with Crippen molar-refractivity contribution in [3.05, 3.63) is 63.1 Å². The van der Waals surface area contributed by atoms with Crippen LogP contribution in [0.5, 0.6) is 0 Å². The lowest BCUT2D eigenvalue weighted by atomic mass is 10.0. The van der Waals surface area contributed by atoms with Crippen molar-refractivity contribution >= 4 is 16.9 Å². The first-order valence-electron chi connectivity index (χ1n) is 9.79. The van der Waals surface area contributed by atoms with E-state index in [0.29, 0.717) is 31.5 Å². The van der Waals surface area contributed by atoms with Gasteiger partial charge in [0.2, 0.25) is 5.91 Å². The molecule has 1 N–H and O–H groups in total. The molecule has 0 radical (unpaired) electrons. The lowest BCUT2D eigenvalue weighted by Crippen LogP contribution is -2.32. The topological polar surface area (TPSA) is 71.0 Å². The van der Waals surface area contributed by atoms with Crippen molar-refractivity contribution in [2.45, 2.75) is 46.6 Å². The fourth-order valence-electron chi connectivity index (χ4n) is 3.81. The summed E-state index contributed by atoms with van der Waals surface area (Å²) >= 11 is 0. The second-order valence-corrected chi connectivity index (χ2v) is 7.29. The summed E-state index contributed by atoms with van der Waals surface area (Å²) in [4.78, 5) is 30.3. The van der Waals surface area contributed by atoms with Gasteiger partial charge in [0.15, 0.2) is 0 Å². The Morgan fingerprint density at radius 2 is 1.93 bits per heavy atom. The molecule has 148 valence electrons. The van der Waals surface area contributed by atoms with E-state index in [1.54, 1.807) is 4.68 Å². The van der Waals surface area contributed by atoms with E-state index < -0.39 is 0 Å². The van der Waals surface area contributed by atoms with Crippen LogP contribution in [0.3, 0.4) is 0 Å². The zero-order valence-corrected chi connectivity index (χ0v) is 17.1. The van der Waals surface area contributed by atoms with Crippen molar-refractivity contribution in [1.82, 2.24) is 19.7 Å². The molecule has 3 aromatic rings. The predicted octanol–water partition coefficient (Wildman–Crippen LogP) is 3.25. The highest BCUT2D eigenvalue weighted by molar-refractivity contribution is 5.83. The third-order valence-corrected chi connectivity index (χ3v) is 5.21. The quantitative estimate of drug-likeness (QED) is 0.684. The van der Waals surface area contributed by atoms with Gasteiger partial charge < -0.3 is 9.88 Å². The van der Waals surface area contributed by atoms with E-state index in [0.717, 1.165) is 34.3 Å². The van der Waals surface area contributed by atoms with Crippen LogP contribution in [0.4, 0.5) is 0 Å². The summed E-state index contributed by atoms with van der Waals surface area (Å²) in [7, 11) is 1.82. The molecule has 0 unspecified atom stereocenters. The van der Waals surface area contributed by atoms with Crippen LogP contribution in [0.25, 0.3) is 11.0 Å². The Kier molecular flexibility index (Phi) is 5.97. The number of fused-ring (bicyclic) bond motifs is 1. The van der Waals surface area contributed by atoms with E-state index in [1.165, 1.54) is 0 Å². The number of aryl methyl sites for hydroxylation is 3. The second-order valence-electron chi connectivity index (χ2n) is 7.29. The number of rotatable bonds is 7. The molecular weight excluding hydrogens is 352 g/mol. The first-order valence-corrected chi connectivity index (χ1v) is 9.79. The number of hydrogen-bond acceptors (Lipinski definition) is 3. The van der Waals surface area contributed by atoms with Gasteiger partial charge in [-0.1, -0.05) is 37.3 Å². The van der Waals surface area contributed by atoms with Crippen LogP contribution in [0.15, 0.2) is 35.1 Å². The number of hydrogen-bond donors (Lipinski definition) is 1. The minimum Gasteiger partial charge on any atom is -0.338 e. The normalized spacial score (nSPS) is 11.1. The number of pyridine rings is 1. The van der Waals surface area contributed by atoms with Crippen LogP contribution < -0.4 is 5.56 Å². The number of H-pyrrole nitrogens is 1. The smallest absolute Gasteiger partial charge is 0.253 e. The van der Waals surface area contributed by atoms with E-state index in [2.05, 4.69) is 17.0 Å². The minimum absolute atomic E-state index is 0.0764. The molecule has 2 heterocycles. The monoisotopic (exact) mass is 380 g/mol. The number of carbonyl (C=O) groups is 1. The molecule has 1 aromatic carbocycles. The summed E-state index contributed by atoms with van der Waals surface area (Å²) in [6.45, 7) is 7.26. The average Bonchev–Trinajstić information content (AvgIpc) is 2.95. The number of carbonyl (C=O) groups excluding carboxylic acids is 1. The third kappa shape index (κ3) is 4.01. The van der Waals surface area contributed by atoms with Crippen molar-refractivity contribution in [3.63, 3.8) is 0 Å². The highest BCUT2D eigenvalue weighted by atomic mass is 16.2. The van der Waals surface area contributed by atoms with Gasteiger partial charge in [0.05, 0.1) is 5.69 Å². The van der Waals surface area contributed by atoms with Crippen LogP contribution in [0, 0.1) is 13.8 Å². The molecule has 0 aliphatic carbocycles. The zero-order valence-electron chi connectivity index (χ0n) is 17.1. The Morgan fingerprint density at radius 1 is 1.21 bits per heavy atom. The van der Waals surface area contributed by atoms with Crippen LogP contribution >= 0.6 is 0 Å². The van der Waals surface area contributed by atoms with Crippen molar-refractivity contribution in [3.8, 4) is 0 Å². The number of amides is 1. The van der Waals surface area contributed by atoms with Gasteiger partial charge in [0.25, 0.3) is 5.56 Å². The van der Waals surface area contributed by atoms with Gasteiger partial charge in [-0.2, -0.15) is 5.10 Å². The van der Waals surface area contributed by atoms with Crippen LogP contribution in [-0.2, 0) is 24.8 Å². The number of aromatic nitrogens is 3. The van der Waals surface area contributed by atoms with Crippen LogP contribution in [-0.4, -0.2) is 32.1 Å². The standard InChI is InChI=1S/C22H28N4O2/c1-5-13-26(14-17-9-7-6-8-10-17)19(27)12-11-18-15(2)20-16(3)24-25(4)21(20)23-22(18)28/h6-10H,5,11-14H2,1-4H3,(H,23,28). The van der Waals surface area contributed by atoms with E-state index in [9.17, 15) is 9.59 Å². The molecule has 6 heteroatoms. The molecule has 0 saturated heterocycles. The summed E-state index contributed by atoms with van der Waals surface area (Å²) in [5, 5.41) is 5.37. The highest BCUT2D eigenvalue weighted by Crippen LogP contribution is 2.21. The molecule has 28 heavy (non-hydrogen) atoms. The molecule has 0 bridgehead atoms. The summed E-state index contributed by atoms with van der Waals surface area (Å²) in [5.74, 6) is 0.0764. The summed E-state index contributed by atoms with van der Waals surface area (Å²) in [5.41, 5.74) is 4.19. The van der Waals surface area contributed by atoms with E-state index in [1.807, 2.05) is 56.1 Å². The maximum atomic E-state index is 12.9. The molecule has 3 rings (SSSR count). The van der Waals surface area contributed by atoms with Gasteiger partial charge in [0, 0.05) is 37.5 Å². The summed E-state index contributed by atoms with van der Waals surface area (Å²) in [6.07, 6.45) is 1.65. The first kappa shape index (κ1) is 19.9. The molecule has 0 saturated carbocycles. The SMILES string of the molecule is CCCN(Cc1ccccc1)C(=O)CCc1c(C)c2c(C)nn(C)c2[nH]c1=O. The molecule has 6 nitrogen and oxygen atoms in total. The molecule has 0 spiro atoms. The lowest BCUT2D eigenvalue weighted by molar-refractivity contribution is -0.131. The molecule has 0 aliphatic heterocycles. The zero-order chi connectivity index (χ0) is 20.3. The first-order chi connectivity index (χ1) is 13.4. The summed E-state index contributed by atoms with van der Waals surface area (Å²) in [6, 6.07) is 10.0. The van der Waals surface area contributed by atoms with Gasteiger partial charge in [-0.05, 0) is 37.8 Å². The lowest BCUT2D eigenvalue weighted by Gasteiger charge is -2.22. The Bertz CT molecular complexity index is 1030. The minimum atomic E-state index is -0.133. The fraction of sp³-hybridized carbons (Fsp3) is 0.409. The van der Waals surface area contributed by atoms with Gasteiger partial charge in [-0.3, -0.25) is 14.3 Å². The summed E-state index contributed by atoms with van der Waals surface area (Å²) < 4.78 is 1.69. The number of nitrogens with one attached hydrogen (secondary N) is 1.